The molecule has 552 valence electrons. The number of pyridine rings is 6. The van der Waals surface area contributed by atoms with Gasteiger partial charge in [-0.05, 0) is 140 Å². The first-order chi connectivity index (χ1) is 56.6. The molecular weight excluding hydrogens is 1430 g/mol. The van der Waals surface area contributed by atoms with E-state index in [1.165, 1.54) is 19.0 Å². The van der Waals surface area contributed by atoms with Crippen LogP contribution in [-0.4, -0.2) is 141 Å². The number of hydrogen-bond acceptors (Lipinski definition) is 23. The molecule has 24 aromatic rings. The van der Waals surface area contributed by atoms with Gasteiger partial charge in [-0.15, -0.1) is 0 Å². The number of nitrogens with zero attached hydrogens (tertiary/aromatic N) is 29. The van der Waals surface area contributed by atoms with E-state index in [9.17, 15) is 0 Å². The van der Waals surface area contributed by atoms with Crippen molar-refractivity contribution in [3.63, 3.8) is 0 Å². The Labute approximate surface area is 649 Å². The molecule has 29 nitrogen and oxygen atoms in total. The van der Waals surface area contributed by atoms with Gasteiger partial charge < -0.3 is 22.0 Å². The molecule has 22 aromatic heterocycles. The van der Waals surface area contributed by atoms with Crippen molar-refractivity contribution in [1.82, 2.24) is 141 Å². The number of rotatable bonds is 0. The molecule has 0 unspecified atom stereocenters. The second-order valence-electron chi connectivity index (χ2n) is 23.1. The molecule has 22 heterocycles. The Morgan fingerprint density at radius 2 is 0.561 bits per heavy atom. The lowest BCUT2D eigenvalue weighted by Gasteiger charge is -1.90. The summed E-state index contributed by atoms with van der Waals surface area (Å²) in [6.07, 6.45) is 65.5. The van der Waals surface area contributed by atoms with Crippen LogP contribution in [0.5, 0.6) is 0 Å². The summed E-state index contributed by atoms with van der Waals surface area (Å²) >= 11 is 0. The van der Waals surface area contributed by atoms with E-state index in [4.69, 9.17) is 0 Å². The molecule has 0 aliphatic heterocycles. The second-order valence-corrected chi connectivity index (χ2v) is 23.1. The van der Waals surface area contributed by atoms with E-state index in [-0.39, 0.29) is 0 Å². The zero-order valence-corrected chi connectivity index (χ0v) is 60.7. The largest absolute Gasteiger partial charge is 0.321 e. The van der Waals surface area contributed by atoms with Gasteiger partial charge in [0.15, 0.2) is 11.3 Å². The minimum absolute atomic E-state index is 0.699. The molecule has 29 heteroatoms. The molecule has 0 bridgehead atoms. The first-order valence-corrected chi connectivity index (χ1v) is 35.0. The fourth-order valence-corrected chi connectivity index (χ4v) is 10.2. The molecule has 0 saturated heterocycles. The van der Waals surface area contributed by atoms with Gasteiger partial charge in [-0.1, -0.05) is 42.5 Å². The Kier molecular flexibility index (Phi) is 27.3. The van der Waals surface area contributed by atoms with Crippen molar-refractivity contribution < 1.29 is 0 Å². The van der Waals surface area contributed by atoms with Crippen LogP contribution in [0.25, 0.3) is 99.7 Å². The third-order valence-corrected chi connectivity index (χ3v) is 15.6. The number of benzene rings is 2. The minimum atomic E-state index is 0.699. The Morgan fingerprint density at radius 3 is 1.19 bits per heavy atom. The van der Waals surface area contributed by atoms with Crippen molar-refractivity contribution in [2.24, 2.45) is 0 Å². The summed E-state index contributed by atoms with van der Waals surface area (Å²) in [5.74, 6) is 0. The zero-order valence-electron chi connectivity index (χ0n) is 60.7. The molecule has 114 heavy (non-hydrogen) atoms. The van der Waals surface area contributed by atoms with Gasteiger partial charge in [0.25, 0.3) is 0 Å². The molecule has 0 spiro atoms. The van der Waals surface area contributed by atoms with Gasteiger partial charge in [-0.25, -0.2) is 74.8 Å². The van der Waals surface area contributed by atoms with Crippen LogP contribution in [0.3, 0.4) is 0 Å². The van der Waals surface area contributed by atoms with Gasteiger partial charge in [0, 0.05) is 166 Å². The summed E-state index contributed by atoms with van der Waals surface area (Å²) in [4.78, 5) is 91.9. The molecule has 24 rings (SSSR count). The minimum Gasteiger partial charge on any atom is -0.321 e. The summed E-state index contributed by atoms with van der Waals surface area (Å²) in [5, 5.41) is 2.18. The smallest absolute Gasteiger partial charge is 0.178 e. The third-order valence-electron chi connectivity index (χ3n) is 15.6. The Balaban J connectivity index is 0.000000109. The van der Waals surface area contributed by atoms with Gasteiger partial charge in [-0.2, -0.15) is 0 Å². The Hall–Kier alpha value is -16.9. The van der Waals surface area contributed by atoms with Crippen LogP contribution in [0.1, 0.15) is 0 Å². The van der Waals surface area contributed by atoms with Gasteiger partial charge in [0.2, 0.25) is 0 Å². The van der Waals surface area contributed by atoms with E-state index in [0.29, 0.717) is 5.65 Å². The molecule has 0 aliphatic carbocycles. The maximum atomic E-state index is 4.12. The topological polar surface area (TPSA) is 323 Å². The average Bonchev–Trinajstić information content (AvgIpc) is 1.63. The van der Waals surface area contributed by atoms with E-state index in [0.717, 1.165) is 94.0 Å². The van der Waals surface area contributed by atoms with Crippen molar-refractivity contribution in [1.29, 1.82) is 0 Å². The summed E-state index contributed by atoms with van der Waals surface area (Å²) < 4.78 is 11.8. The second kappa shape index (κ2) is 41.3. The molecule has 0 saturated carbocycles. The Morgan fingerprint density at radius 1 is 0.167 bits per heavy atom. The highest BCUT2D eigenvalue weighted by Crippen LogP contribution is 2.10. The quantitative estimate of drug-likeness (QED) is 0.136. The van der Waals surface area contributed by atoms with E-state index < -0.39 is 0 Å². The van der Waals surface area contributed by atoms with Crippen molar-refractivity contribution in [2.75, 3.05) is 0 Å². The fraction of sp³-hybridized carbons (Fsp3) is 0. The summed E-state index contributed by atoms with van der Waals surface area (Å²) in [6, 6.07) is 58.8. The molecule has 0 radical (unpaired) electrons. The number of fused-ring (bicyclic) bond motifs is 12. The maximum Gasteiger partial charge on any atom is 0.178 e. The summed E-state index contributed by atoms with van der Waals surface area (Å²) in [6.45, 7) is 0. The van der Waals surface area contributed by atoms with Gasteiger partial charge >= 0.3 is 0 Å². The SMILES string of the molecule is c1cc2cnccn2c1.c1cc2cnccn2c1.c1cc2nccnc2cn1.c1cc2ncncn2c1.c1ccc2nccnc2c1.c1ccc2ncncc2c1.c1ccn2ccnc2c1.c1ccn2cncc2c1.c1cnc2cccn2c1.c1cnc2ncccc2c1.c1cnc2nccnc2c1.c1ncc2ncncc2n1. The number of para-hydroxylation sites is 3. The predicted molar refractivity (Wildman–Crippen MR) is 437 cm³/mol. The van der Waals surface area contributed by atoms with Crippen molar-refractivity contribution in [3.8, 4) is 0 Å². The maximum absolute atomic E-state index is 4.12. The molecule has 0 amide bonds. The lowest BCUT2D eigenvalue weighted by Crippen LogP contribution is -1.85. The standard InChI is InChI=1S/3C8H6N2.2C7H5N3.5C7H6N2.C6H4N4.C6H5N3/c1-3-7-4-2-6-10-8(7)9-5-1;1-2-4-8-7(3-1)5-9-6-10-8;1-2-4-8-7(3-1)9-5-6-10-8;1-2-8-5-7-6(1)9-3-4-10-7;1-2-6-7(9-3-1)10-5-4-8-6;1-3-7-8-4-2-6-9(7)5-1;2*1-2-7-6-8-3-5-9(7)4-1;1-2-5-9-6-4-8-7(9)3-1;1-2-4-9-6-8-5-7(9)3-1;1-5-6(10-3-7-1)2-8-4-9-5;1-2-6-8-4-7-5-9(6)3-1/h3*1-6H;2*1-5H;5*1-6H;1-4H;1-5H. The van der Waals surface area contributed by atoms with Crippen LogP contribution in [-0.2, 0) is 0 Å². The first kappa shape index (κ1) is 75.4. The zero-order chi connectivity index (χ0) is 77.5. The van der Waals surface area contributed by atoms with E-state index in [1.807, 2.05) is 295 Å². The van der Waals surface area contributed by atoms with Crippen LogP contribution >= 0.6 is 0 Å². The average molecular weight is 1490 g/mol. The molecule has 2 aromatic carbocycles. The van der Waals surface area contributed by atoms with Crippen LogP contribution < -0.4 is 0 Å². The van der Waals surface area contributed by atoms with E-state index >= 15 is 0 Å². The third kappa shape index (κ3) is 22.6. The molecule has 0 N–H and O–H groups in total. The Bertz CT molecular complexity index is 5250. The van der Waals surface area contributed by atoms with E-state index in [2.05, 4.69) is 115 Å². The molecular formula is C85H67N29. The van der Waals surface area contributed by atoms with Crippen LogP contribution in [0.4, 0.5) is 0 Å². The van der Waals surface area contributed by atoms with E-state index in [1.54, 1.807) is 124 Å². The highest BCUT2D eigenvalue weighted by molar-refractivity contribution is 5.77. The fourth-order valence-electron chi connectivity index (χ4n) is 10.2. The lowest BCUT2D eigenvalue weighted by molar-refractivity contribution is 1.02. The first-order valence-electron chi connectivity index (χ1n) is 35.0. The molecule has 0 atom stereocenters. The highest BCUT2D eigenvalue weighted by Gasteiger charge is 1.97. The molecule has 0 fully saturated rings. The lowest BCUT2D eigenvalue weighted by atomic mass is 10.2. The normalized spacial score (nSPS) is 10.1. The van der Waals surface area contributed by atoms with Crippen LogP contribution in [0.15, 0.2) is 412 Å². The van der Waals surface area contributed by atoms with Crippen molar-refractivity contribution >= 4 is 99.7 Å². The number of aromatic nitrogens is 29. The van der Waals surface area contributed by atoms with Gasteiger partial charge in [-0.3, -0.25) is 44.3 Å². The summed E-state index contributed by atoms with van der Waals surface area (Å²) in [7, 11) is 0. The van der Waals surface area contributed by atoms with Crippen LogP contribution in [0, 0.1) is 0 Å². The van der Waals surface area contributed by atoms with Gasteiger partial charge in [0.1, 0.15) is 70.6 Å². The monoisotopic (exact) mass is 1490 g/mol. The predicted octanol–water partition coefficient (Wildman–Crippen LogP) is 14.8. The number of hydrogen-bond donors (Lipinski definition) is 0. The molecule has 0 aliphatic rings. The van der Waals surface area contributed by atoms with Crippen molar-refractivity contribution in [2.45, 2.75) is 0 Å². The van der Waals surface area contributed by atoms with Gasteiger partial charge in [0.05, 0.1) is 82.1 Å². The van der Waals surface area contributed by atoms with Crippen LogP contribution in [0.2, 0.25) is 0 Å². The number of imidazole rings is 2. The van der Waals surface area contributed by atoms with Crippen molar-refractivity contribution in [3.05, 3.63) is 412 Å². The highest BCUT2D eigenvalue weighted by atomic mass is 15.0. The summed E-state index contributed by atoms with van der Waals surface area (Å²) in [5.41, 5.74) is 14.9.